The molecule has 0 N–H and O–H groups in total. The number of carbonyl (C=O) groups excluding carboxylic acids is 2. The van der Waals surface area contributed by atoms with Crippen molar-refractivity contribution in [2.45, 2.75) is 12.5 Å². The van der Waals surface area contributed by atoms with Gasteiger partial charge in [-0.05, 0) is 42.3 Å². The Morgan fingerprint density at radius 1 is 1.09 bits per heavy atom. The molecule has 5 rings (SSSR count). The summed E-state index contributed by atoms with van der Waals surface area (Å²) in [6.07, 6.45) is 0.732. The highest BCUT2D eigenvalue weighted by atomic mass is 35.5. The Morgan fingerprint density at radius 2 is 1.83 bits per heavy atom. The molecule has 0 saturated carbocycles. The summed E-state index contributed by atoms with van der Waals surface area (Å²) in [4.78, 5) is 43.0. The number of amides is 1. The van der Waals surface area contributed by atoms with Gasteiger partial charge in [-0.2, -0.15) is 0 Å². The molecule has 0 unspecified atom stereocenters. The molecule has 1 amide bonds. The average molecular weight is 497 g/mol. The number of esters is 1. The maximum absolute atomic E-state index is 13.6. The highest BCUT2D eigenvalue weighted by Gasteiger charge is 2.42. The molecule has 0 radical (unpaired) electrons. The van der Waals surface area contributed by atoms with Crippen LogP contribution < -0.4 is 5.43 Å². The van der Waals surface area contributed by atoms with Crippen LogP contribution in [0.4, 0.5) is 0 Å². The van der Waals surface area contributed by atoms with Crippen molar-refractivity contribution >= 4 is 34.4 Å². The lowest BCUT2D eigenvalue weighted by Crippen LogP contribution is -2.38. The van der Waals surface area contributed by atoms with Gasteiger partial charge in [-0.25, -0.2) is 4.79 Å². The summed E-state index contributed by atoms with van der Waals surface area (Å²) in [7, 11) is 1.32. The molecule has 35 heavy (non-hydrogen) atoms. The standard InChI is InChI=1S/C26H25ClN2O6/c1-33-26(32)17-5-3-16(4-6-17)22-21-23(30)19-15-18(27)7-8-20(19)35-24(21)25(31)29(22)10-2-9-28-11-13-34-14-12-28/h3-8,15,22H,2,9-14H2,1H3/t22-/m0/s1. The maximum atomic E-state index is 13.6. The summed E-state index contributed by atoms with van der Waals surface area (Å²) < 4.78 is 16.2. The number of rotatable bonds is 6. The third-order valence-electron chi connectivity index (χ3n) is 6.55. The molecule has 2 aliphatic rings. The number of benzene rings is 2. The van der Waals surface area contributed by atoms with Crippen molar-refractivity contribution in [1.29, 1.82) is 0 Å². The highest BCUT2D eigenvalue weighted by molar-refractivity contribution is 6.31. The number of halogens is 1. The molecule has 2 aliphatic heterocycles. The van der Waals surface area contributed by atoms with Crippen molar-refractivity contribution in [3.05, 3.63) is 80.2 Å². The van der Waals surface area contributed by atoms with Crippen molar-refractivity contribution in [2.75, 3.05) is 46.5 Å². The summed E-state index contributed by atoms with van der Waals surface area (Å²) >= 11 is 6.14. The Bertz CT molecular complexity index is 1330. The minimum atomic E-state index is -0.631. The second kappa shape index (κ2) is 9.81. The van der Waals surface area contributed by atoms with E-state index in [1.54, 1.807) is 47.4 Å². The molecule has 0 spiro atoms. The molecule has 2 aromatic carbocycles. The summed E-state index contributed by atoms with van der Waals surface area (Å²) in [6, 6.07) is 10.9. The summed E-state index contributed by atoms with van der Waals surface area (Å²) in [5.41, 5.74) is 1.43. The van der Waals surface area contributed by atoms with Crippen molar-refractivity contribution in [2.24, 2.45) is 0 Å². The zero-order valence-corrected chi connectivity index (χ0v) is 20.0. The predicted octanol–water partition coefficient (Wildman–Crippen LogP) is 3.50. The fourth-order valence-electron chi connectivity index (χ4n) is 4.78. The van der Waals surface area contributed by atoms with Gasteiger partial charge in [0.1, 0.15) is 5.58 Å². The number of morpholine rings is 1. The molecule has 1 aromatic heterocycles. The molecule has 8 nitrogen and oxygen atoms in total. The second-order valence-corrected chi connectivity index (χ2v) is 9.07. The first-order valence-corrected chi connectivity index (χ1v) is 11.9. The van der Waals surface area contributed by atoms with Crippen LogP contribution in [0.3, 0.4) is 0 Å². The molecule has 3 aromatic rings. The fraction of sp³-hybridized carbons (Fsp3) is 0.346. The average Bonchev–Trinajstić information content (AvgIpc) is 3.16. The van der Waals surface area contributed by atoms with Crippen LogP contribution in [-0.4, -0.2) is 68.2 Å². The number of hydrogen-bond donors (Lipinski definition) is 0. The molecule has 1 saturated heterocycles. The van der Waals surface area contributed by atoms with Crippen LogP contribution in [-0.2, 0) is 9.47 Å². The first kappa shape index (κ1) is 23.5. The van der Waals surface area contributed by atoms with E-state index in [1.165, 1.54) is 7.11 Å². The van der Waals surface area contributed by atoms with Crippen LogP contribution in [0.15, 0.2) is 51.7 Å². The van der Waals surface area contributed by atoms with Crippen LogP contribution >= 0.6 is 11.6 Å². The fourth-order valence-corrected chi connectivity index (χ4v) is 4.95. The van der Waals surface area contributed by atoms with Gasteiger partial charge in [-0.15, -0.1) is 0 Å². The molecule has 3 heterocycles. The SMILES string of the molecule is COC(=O)c1ccc([C@H]2c3c(oc4ccc(Cl)cc4c3=O)C(=O)N2CCCN2CCOCC2)cc1. The van der Waals surface area contributed by atoms with Gasteiger partial charge in [-0.3, -0.25) is 14.5 Å². The van der Waals surface area contributed by atoms with Gasteiger partial charge in [-0.1, -0.05) is 23.7 Å². The number of methoxy groups -OCH3 is 1. The summed E-state index contributed by atoms with van der Waals surface area (Å²) in [5.74, 6) is -0.724. The van der Waals surface area contributed by atoms with E-state index < -0.39 is 12.0 Å². The van der Waals surface area contributed by atoms with E-state index in [4.69, 9.17) is 25.5 Å². The van der Waals surface area contributed by atoms with Gasteiger partial charge in [0, 0.05) is 31.2 Å². The van der Waals surface area contributed by atoms with E-state index in [1.807, 2.05) is 0 Å². The highest BCUT2D eigenvalue weighted by Crippen LogP contribution is 2.38. The molecule has 9 heteroatoms. The number of nitrogens with zero attached hydrogens (tertiary/aromatic N) is 2. The minimum Gasteiger partial charge on any atom is -0.465 e. The van der Waals surface area contributed by atoms with E-state index in [0.717, 1.165) is 26.1 Å². The quantitative estimate of drug-likeness (QED) is 0.482. The second-order valence-electron chi connectivity index (χ2n) is 8.64. The summed E-state index contributed by atoms with van der Waals surface area (Å²) in [6.45, 7) is 4.39. The molecular formula is C26H25ClN2O6. The van der Waals surface area contributed by atoms with Crippen molar-refractivity contribution in [3.63, 3.8) is 0 Å². The largest absolute Gasteiger partial charge is 0.465 e. The minimum absolute atomic E-state index is 0.0539. The van der Waals surface area contributed by atoms with Gasteiger partial charge in [0.2, 0.25) is 5.76 Å². The Morgan fingerprint density at radius 3 is 2.54 bits per heavy atom. The zero-order valence-electron chi connectivity index (χ0n) is 19.3. The topological polar surface area (TPSA) is 89.3 Å². The molecule has 0 aliphatic carbocycles. The number of carbonyl (C=O) groups is 2. The number of hydrogen-bond acceptors (Lipinski definition) is 7. The van der Waals surface area contributed by atoms with Gasteiger partial charge < -0.3 is 18.8 Å². The monoisotopic (exact) mass is 496 g/mol. The van der Waals surface area contributed by atoms with Gasteiger partial charge in [0.15, 0.2) is 5.43 Å². The summed E-state index contributed by atoms with van der Waals surface area (Å²) in [5, 5.41) is 0.741. The van der Waals surface area contributed by atoms with Crippen LogP contribution in [0.2, 0.25) is 5.02 Å². The lowest BCUT2D eigenvalue weighted by atomic mass is 9.97. The van der Waals surface area contributed by atoms with Gasteiger partial charge in [0.25, 0.3) is 5.91 Å². The predicted molar refractivity (Wildman–Crippen MR) is 130 cm³/mol. The van der Waals surface area contributed by atoms with Crippen molar-refractivity contribution < 1.29 is 23.5 Å². The zero-order chi connectivity index (χ0) is 24.5. The Balaban J connectivity index is 1.53. The number of ether oxygens (including phenoxy) is 2. The smallest absolute Gasteiger partial charge is 0.337 e. The van der Waals surface area contributed by atoms with E-state index in [9.17, 15) is 14.4 Å². The van der Waals surface area contributed by atoms with E-state index in [-0.39, 0.29) is 17.1 Å². The van der Waals surface area contributed by atoms with Crippen LogP contribution in [0.1, 0.15) is 44.5 Å². The maximum Gasteiger partial charge on any atom is 0.337 e. The lowest BCUT2D eigenvalue weighted by Gasteiger charge is -2.29. The van der Waals surface area contributed by atoms with Crippen LogP contribution in [0, 0.1) is 0 Å². The Hall–Kier alpha value is -3.20. The lowest BCUT2D eigenvalue weighted by molar-refractivity contribution is 0.0353. The molecule has 182 valence electrons. The van der Waals surface area contributed by atoms with Gasteiger partial charge in [0.05, 0.1) is 42.9 Å². The van der Waals surface area contributed by atoms with E-state index >= 15 is 0 Å². The molecule has 1 fully saturated rings. The molecule has 0 bridgehead atoms. The van der Waals surface area contributed by atoms with Crippen LogP contribution in [0.5, 0.6) is 0 Å². The third kappa shape index (κ3) is 4.45. The Kier molecular flexibility index (Phi) is 6.60. The first-order valence-electron chi connectivity index (χ1n) is 11.5. The van der Waals surface area contributed by atoms with E-state index in [0.29, 0.717) is 52.4 Å². The van der Waals surface area contributed by atoms with Crippen molar-refractivity contribution in [3.8, 4) is 0 Å². The van der Waals surface area contributed by atoms with Crippen molar-refractivity contribution in [1.82, 2.24) is 9.80 Å². The van der Waals surface area contributed by atoms with E-state index in [2.05, 4.69) is 4.90 Å². The Labute approximate surface area is 207 Å². The third-order valence-corrected chi connectivity index (χ3v) is 6.79. The first-order chi connectivity index (χ1) is 17.0. The number of fused-ring (bicyclic) bond motifs is 2. The normalized spacial score (nSPS) is 18.2. The van der Waals surface area contributed by atoms with Crippen LogP contribution in [0.25, 0.3) is 11.0 Å². The van der Waals surface area contributed by atoms with Gasteiger partial charge >= 0.3 is 5.97 Å². The molecule has 1 atom stereocenters. The molecular weight excluding hydrogens is 472 g/mol.